The Bertz CT molecular complexity index is 515. The fraction of sp³-hybridized carbons (Fsp3) is 0.250. The van der Waals surface area contributed by atoms with Crippen LogP contribution in [0.3, 0.4) is 0 Å². The van der Waals surface area contributed by atoms with Crippen molar-refractivity contribution in [3.8, 4) is 0 Å². The van der Waals surface area contributed by atoms with Crippen molar-refractivity contribution >= 4 is 11.8 Å². The molecule has 0 fully saturated rings. The molecule has 0 saturated heterocycles. The van der Waals surface area contributed by atoms with E-state index in [1.165, 1.54) is 0 Å². The van der Waals surface area contributed by atoms with E-state index in [0.717, 1.165) is 16.8 Å². The summed E-state index contributed by atoms with van der Waals surface area (Å²) in [7, 11) is 0. The Morgan fingerprint density at radius 1 is 1.38 bits per heavy atom. The number of amides is 2. The number of hydrogen-bond acceptors (Lipinski definition) is 4. The second-order valence-electron chi connectivity index (χ2n) is 2.98. The van der Waals surface area contributed by atoms with Gasteiger partial charge in [0.1, 0.15) is 6.54 Å². The minimum absolute atomic E-state index is 0.315. The van der Waals surface area contributed by atoms with Crippen molar-refractivity contribution in [1.82, 2.24) is 15.1 Å². The standard InChI is InChI=1S/C8H10N4O4/c9-5(13)3-10-7(15)4-12-8(16)2-1-6(14)11-12/h1-2H,3-4H2,(H2,9,13)(H,10,15)(H,11,14). The van der Waals surface area contributed by atoms with Gasteiger partial charge in [-0.1, -0.05) is 0 Å². The first-order valence-electron chi connectivity index (χ1n) is 4.34. The highest BCUT2D eigenvalue weighted by Gasteiger charge is 2.05. The van der Waals surface area contributed by atoms with Crippen molar-refractivity contribution in [2.75, 3.05) is 6.54 Å². The second kappa shape index (κ2) is 4.91. The van der Waals surface area contributed by atoms with Crippen LogP contribution in [0.4, 0.5) is 0 Å². The monoisotopic (exact) mass is 226 g/mol. The minimum atomic E-state index is -0.692. The summed E-state index contributed by atoms with van der Waals surface area (Å²) >= 11 is 0. The second-order valence-corrected chi connectivity index (χ2v) is 2.98. The first kappa shape index (κ1) is 11.7. The van der Waals surface area contributed by atoms with Crippen LogP contribution in [0, 0.1) is 0 Å². The molecule has 1 aromatic rings. The summed E-state index contributed by atoms with van der Waals surface area (Å²) in [4.78, 5) is 43.6. The van der Waals surface area contributed by atoms with Crippen LogP contribution in [-0.2, 0) is 16.1 Å². The SMILES string of the molecule is NC(=O)CNC(=O)Cn1[nH]c(=O)ccc1=O. The molecule has 1 rings (SSSR count). The van der Waals surface area contributed by atoms with E-state index in [-0.39, 0.29) is 13.1 Å². The number of primary amides is 1. The topological polar surface area (TPSA) is 127 Å². The van der Waals surface area contributed by atoms with Crippen molar-refractivity contribution in [1.29, 1.82) is 0 Å². The lowest BCUT2D eigenvalue weighted by Gasteiger charge is -2.04. The van der Waals surface area contributed by atoms with Crippen molar-refractivity contribution in [2.24, 2.45) is 5.73 Å². The number of hydrogen-bond donors (Lipinski definition) is 3. The third-order valence-corrected chi connectivity index (χ3v) is 1.65. The lowest BCUT2D eigenvalue weighted by atomic mass is 10.5. The highest BCUT2D eigenvalue weighted by Crippen LogP contribution is 1.73. The van der Waals surface area contributed by atoms with Gasteiger partial charge in [-0.25, -0.2) is 4.68 Å². The quantitative estimate of drug-likeness (QED) is 0.510. The summed E-state index contributed by atoms with van der Waals surface area (Å²) in [6, 6.07) is 2.10. The van der Waals surface area contributed by atoms with Crippen molar-refractivity contribution in [3.63, 3.8) is 0 Å². The third-order valence-electron chi connectivity index (χ3n) is 1.65. The molecule has 8 nitrogen and oxygen atoms in total. The van der Waals surface area contributed by atoms with Gasteiger partial charge in [0, 0.05) is 12.1 Å². The molecule has 0 aromatic carbocycles. The normalized spacial score (nSPS) is 9.75. The maximum Gasteiger partial charge on any atom is 0.265 e. The van der Waals surface area contributed by atoms with Gasteiger partial charge < -0.3 is 11.1 Å². The predicted molar refractivity (Wildman–Crippen MR) is 53.5 cm³/mol. The van der Waals surface area contributed by atoms with Crippen molar-refractivity contribution in [3.05, 3.63) is 32.8 Å². The molecule has 0 unspecified atom stereocenters. The van der Waals surface area contributed by atoms with Crippen molar-refractivity contribution < 1.29 is 9.59 Å². The largest absolute Gasteiger partial charge is 0.368 e. The molecular formula is C8H10N4O4. The van der Waals surface area contributed by atoms with Gasteiger partial charge in [0.15, 0.2) is 0 Å². The summed E-state index contributed by atoms with van der Waals surface area (Å²) in [5, 5.41) is 4.35. The van der Waals surface area contributed by atoms with E-state index in [1.54, 1.807) is 0 Å². The first-order chi connectivity index (χ1) is 7.49. The van der Waals surface area contributed by atoms with Gasteiger partial charge in [-0.15, -0.1) is 0 Å². The highest BCUT2D eigenvalue weighted by atomic mass is 16.2. The highest BCUT2D eigenvalue weighted by molar-refractivity contribution is 5.83. The van der Waals surface area contributed by atoms with E-state index in [0.29, 0.717) is 0 Å². The number of nitrogens with zero attached hydrogens (tertiary/aromatic N) is 1. The fourth-order valence-electron chi connectivity index (χ4n) is 0.965. The molecule has 0 bridgehead atoms. The number of nitrogens with two attached hydrogens (primary N) is 1. The Morgan fingerprint density at radius 3 is 2.69 bits per heavy atom. The number of rotatable bonds is 4. The smallest absolute Gasteiger partial charge is 0.265 e. The molecule has 0 aliphatic heterocycles. The van der Waals surface area contributed by atoms with E-state index < -0.39 is 22.9 Å². The summed E-state index contributed by atoms with van der Waals surface area (Å²) < 4.78 is 0.832. The molecule has 86 valence electrons. The summed E-state index contributed by atoms with van der Waals surface area (Å²) in [5.41, 5.74) is 3.79. The molecule has 2 amide bonds. The van der Waals surface area contributed by atoms with Crippen LogP contribution in [0.1, 0.15) is 0 Å². The zero-order valence-electron chi connectivity index (χ0n) is 8.23. The van der Waals surface area contributed by atoms with Gasteiger partial charge in [-0.05, 0) is 0 Å². The minimum Gasteiger partial charge on any atom is -0.368 e. The van der Waals surface area contributed by atoms with Crippen LogP contribution in [0.5, 0.6) is 0 Å². The average molecular weight is 226 g/mol. The summed E-state index contributed by atoms with van der Waals surface area (Å²) in [6.45, 7) is -0.688. The van der Waals surface area contributed by atoms with E-state index in [4.69, 9.17) is 5.73 Å². The van der Waals surface area contributed by atoms with Crippen molar-refractivity contribution in [2.45, 2.75) is 6.54 Å². The number of aromatic amines is 1. The van der Waals surface area contributed by atoms with Gasteiger partial charge in [0.25, 0.3) is 11.1 Å². The molecule has 1 heterocycles. The number of aromatic nitrogens is 2. The molecule has 0 spiro atoms. The van der Waals surface area contributed by atoms with Crippen LogP contribution >= 0.6 is 0 Å². The Balaban J connectivity index is 2.70. The summed E-state index contributed by atoms with van der Waals surface area (Å²) in [6.07, 6.45) is 0. The van der Waals surface area contributed by atoms with Gasteiger partial charge in [-0.2, -0.15) is 0 Å². The molecule has 0 saturated carbocycles. The zero-order chi connectivity index (χ0) is 12.1. The fourth-order valence-corrected chi connectivity index (χ4v) is 0.965. The Hall–Kier alpha value is -2.38. The lowest BCUT2D eigenvalue weighted by molar-refractivity contribution is -0.125. The first-order valence-corrected chi connectivity index (χ1v) is 4.34. The Kier molecular flexibility index (Phi) is 3.59. The van der Waals surface area contributed by atoms with Crippen LogP contribution in [0.15, 0.2) is 21.7 Å². The molecule has 16 heavy (non-hydrogen) atoms. The van der Waals surface area contributed by atoms with E-state index in [1.807, 2.05) is 0 Å². The molecule has 0 aliphatic rings. The number of carbonyl (C=O) groups is 2. The third kappa shape index (κ3) is 3.40. The van der Waals surface area contributed by atoms with Gasteiger partial charge in [0.05, 0.1) is 6.54 Å². The lowest BCUT2D eigenvalue weighted by Crippen LogP contribution is -2.39. The van der Waals surface area contributed by atoms with Crippen LogP contribution in [0.25, 0.3) is 0 Å². The summed E-state index contributed by atoms with van der Waals surface area (Å²) in [5.74, 6) is -1.29. The molecule has 8 heteroatoms. The molecule has 4 N–H and O–H groups in total. The average Bonchev–Trinajstić information content (AvgIpc) is 2.20. The zero-order valence-corrected chi connectivity index (χ0v) is 8.23. The number of H-pyrrole nitrogens is 1. The maximum atomic E-state index is 11.2. The van der Waals surface area contributed by atoms with Crippen LogP contribution in [-0.4, -0.2) is 28.1 Å². The van der Waals surface area contributed by atoms with Gasteiger partial charge >= 0.3 is 0 Å². The predicted octanol–water partition coefficient (Wildman–Crippen LogP) is -2.86. The molecule has 0 aliphatic carbocycles. The molecule has 0 radical (unpaired) electrons. The Labute approximate surface area is 89.0 Å². The van der Waals surface area contributed by atoms with E-state index in [2.05, 4.69) is 10.4 Å². The Morgan fingerprint density at radius 2 is 2.06 bits per heavy atom. The van der Waals surface area contributed by atoms with E-state index >= 15 is 0 Å². The van der Waals surface area contributed by atoms with Gasteiger partial charge in [0.2, 0.25) is 11.8 Å². The number of nitrogens with one attached hydrogen (secondary N) is 2. The molecular weight excluding hydrogens is 216 g/mol. The number of carbonyl (C=O) groups excluding carboxylic acids is 2. The van der Waals surface area contributed by atoms with Crippen LogP contribution in [0.2, 0.25) is 0 Å². The van der Waals surface area contributed by atoms with Crippen LogP contribution < -0.4 is 22.2 Å². The molecule has 0 atom stereocenters. The molecule has 1 aromatic heterocycles. The van der Waals surface area contributed by atoms with E-state index in [9.17, 15) is 19.2 Å². The maximum absolute atomic E-state index is 11.2. The van der Waals surface area contributed by atoms with Gasteiger partial charge in [-0.3, -0.25) is 24.3 Å².